The van der Waals surface area contributed by atoms with E-state index in [0.717, 1.165) is 32.6 Å². The van der Waals surface area contributed by atoms with Crippen molar-refractivity contribution in [2.45, 2.75) is 24.8 Å². The molecule has 1 aliphatic rings. The maximum absolute atomic E-state index is 13.8. The van der Waals surface area contributed by atoms with E-state index in [1.54, 1.807) is 19.2 Å². The van der Waals surface area contributed by atoms with Crippen molar-refractivity contribution in [3.63, 3.8) is 0 Å². The number of nitrogens with zero attached hydrogens (tertiary/aromatic N) is 1. The molecule has 2 aromatic rings. The van der Waals surface area contributed by atoms with Crippen LogP contribution in [-0.4, -0.2) is 32.8 Å². The van der Waals surface area contributed by atoms with E-state index in [-0.39, 0.29) is 11.2 Å². The maximum Gasteiger partial charge on any atom is 0.191 e. The van der Waals surface area contributed by atoms with Crippen LogP contribution >= 0.6 is 0 Å². The van der Waals surface area contributed by atoms with Gasteiger partial charge in [-0.1, -0.05) is 48.5 Å². The summed E-state index contributed by atoms with van der Waals surface area (Å²) in [5.74, 6) is 0.468. The monoisotopic (exact) mass is 355 g/mol. The van der Waals surface area contributed by atoms with Crippen LogP contribution < -0.4 is 10.6 Å². The Morgan fingerprint density at radius 3 is 2.42 bits per heavy atom. The Bertz CT molecular complexity index is 727. The van der Waals surface area contributed by atoms with Gasteiger partial charge in [-0.25, -0.2) is 4.39 Å². The Kier molecular flexibility index (Phi) is 6.23. The van der Waals surface area contributed by atoms with Crippen LogP contribution in [0.4, 0.5) is 4.39 Å². The number of nitrogens with one attached hydrogen (secondary N) is 2. The number of ether oxygens (including phenoxy) is 1. The molecule has 2 aromatic carbocycles. The summed E-state index contributed by atoms with van der Waals surface area (Å²) in [6.07, 6.45) is 1.93. The SMILES string of the molecule is CN=C(NCc1ccccc1F)NCC1(c2ccccc2)CCOCC1. The third-order valence-corrected chi connectivity index (χ3v) is 5.06. The van der Waals surface area contributed by atoms with Gasteiger partial charge in [0.2, 0.25) is 0 Å². The lowest BCUT2D eigenvalue weighted by atomic mass is 9.74. The first-order valence-electron chi connectivity index (χ1n) is 9.05. The molecular weight excluding hydrogens is 329 g/mol. The molecule has 1 aliphatic heterocycles. The lowest BCUT2D eigenvalue weighted by Gasteiger charge is -2.38. The average molecular weight is 355 g/mol. The molecule has 2 N–H and O–H groups in total. The van der Waals surface area contributed by atoms with Crippen LogP contribution in [0.2, 0.25) is 0 Å². The number of guanidine groups is 1. The van der Waals surface area contributed by atoms with Gasteiger partial charge < -0.3 is 15.4 Å². The van der Waals surface area contributed by atoms with Crippen molar-refractivity contribution in [3.8, 4) is 0 Å². The van der Waals surface area contributed by atoms with E-state index < -0.39 is 0 Å². The van der Waals surface area contributed by atoms with Gasteiger partial charge in [0.05, 0.1) is 0 Å². The molecule has 0 spiro atoms. The Labute approximate surface area is 154 Å². The fourth-order valence-corrected chi connectivity index (χ4v) is 3.42. The molecular formula is C21H26FN3O. The van der Waals surface area contributed by atoms with E-state index in [1.807, 2.05) is 12.1 Å². The molecule has 1 saturated heterocycles. The molecule has 3 rings (SSSR count). The fourth-order valence-electron chi connectivity index (χ4n) is 3.42. The van der Waals surface area contributed by atoms with E-state index in [1.165, 1.54) is 11.6 Å². The molecule has 1 heterocycles. The van der Waals surface area contributed by atoms with E-state index >= 15 is 0 Å². The predicted molar refractivity (Wildman–Crippen MR) is 103 cm³/mol. The summed E-state index contributed by atoms with van der Waals surface area (Å²) in [4.78, 5) is 4.28. The zero-order valence-electron chi connectivity index (χ0n) is 15.2. The Morgan fingerprint density at radius 1 is 1.04 bits per heavy atom. The van der Waals surface area contributed by atoms with Crippen molar-refractivity contribution in [2.24, 2.45) is 4.99 Å². The number of aliphatic imine (C=N–C) groups is 1. The standard InChI is InChI=1S/C21H26FN3O/c1-23-20(24-15-17-7-5-6-10-19(17)22)25-16-21(11-13-26-14-12-21)18-8-3-2-4-9-18/h2-10H,11-16H2,1H3,(H2,23,24,25). The second kappa shape index (κ2) is 8.81. The zero-order chi connectivity index (χ0) is 18.2. The van der Waals surface area contributed by atoms with Gasteiger partial charge in [-0.15, -0.1) is 0 Å². The predicted octanol–water partition coefficient (Wildman–Crippen LogP) is 3.24. The highest BCUT2D eigenvalue weighted by Gasteiger charge is 2.34. The Hall–Kier alpha value is -2.40. The van der Waals surface area contributed by atoms with Crippen molar-refractivity contribution in [3.05, 3.63) is 71.5 Å². The third-order valence-electron chi connectivity index (χ3n) is 5.06. The second-order valence-corrected chi connectivity index (χ2v) is 6.63. The number of hydrogen-bond donors (Lipinski definition) is 2. The number of benzene rings is 2. The lowest BCUT2D eigenvalue weighted by Crippen LogP contribution is -2.47. The van der Waals surface area contributed by atoms with Gasteiger partial charge in [0.15, 0.2) is 5.96 Å². The van der Waals surface area contributed by atoms with Crippen molar-refractivity contribution >= 4 is 5.96 Å². The highest BCUT2D eigenvalue weighted by molar-refractivity contribution is 5.79. The first-order valence-corrected chi connectivity index (χ1v) is 9.05. The largest absolute Gasteiger partial charge is 0.381 e. The van der Waals surface area contributed by atoms with Gasteiger partial charge in [-0.3, -0.25) is 4.99 Å². The van der Waals surface area contributed by atoms with Crippen LogP contribution in [0.5, 0.6) is 0 Å². The normalized spacial score (nSPS) is 16.9. The molecule has 0 atom stereocenters. The van der Waals surface area contributed by atoms with Gasteiger partial charge in [0, 0.05) is 44.3 Å². The molecule has 138 valence electrons. The molecule has 0 aromatic heterocycles. The molecule has 5 heteroatoms. The highest BCUT2D eigenvalue weighted by Crippen LogP contribution is 2.34. The number of hydrogen-bond acceptors (Lipinski definition) is 2. The maximum atomic E-state index is 13.8. The molecule has 0 radical (unpaired) electrons. The van der Waals surface area contributed by atoms with Crippen LogP contribution in [0.25, 0.3) is 0 Å². The summed E-state index contributed by atoms with van der Waals surface area (Å²) in [5.41, 5.74) is 1.97. The van der Waals surface area contributed by atoms with Crippen molar-refractivity contribution in [2.75, 3.05) is 26.8 Å². The third kappa shape index (κ3) is 4.41. The molecule has 0 amide bonds. The summed E-state index contributed by atoms with van der Waals surface area (Å²) in [7, 11) is 1.73. The van der Waals surface area contributed by atoms with Crippen molar-refractivity contribution in [1.82, 2.24) is 10.6 Å². The van der Waals surface area contributed by atoms with E-state index in [9.17, 15) is 4.39 Å². The minimum absolute atomic E-state index is 0.0229. The lowest BCUT2D eigenvalue weighted by molar-refractivity contribution is 0.0514. The van der Waals surface area contributed by atoms with Crippen molar-refractivity contribution in [1.29, 1.82) is 0 Å². The van der Waals surface area contributed by atoms with E-state index in [0.29, 0.717) is 18.1 Å². The van der Waals surface area contributed by atoms with E-state index in [4.69, 9.17) is 4.74 Å². The minimum Gasteiger partial charge on any atom is -0.381 e. The number of halogens is 1. The summed E-state index contributed by atoms with van der Waals surface area (Å²) in [5, 5.41) is 6.63. The molecule has 0 saturated carbocycles. The summed E-state index contributed by atoms with van der Waals surface area (Å²) in [6, 6.07) is 17.3. The molecule has 0 aliphatic carbocycles. The average Bonchev–Trinajstić information content (AvgIpc) is 2.71. The first kappa shape index (κ1) is 18.4. The van der Waals surface area contributed by atoms with Crippen LogP contribution in [0, 0.1) is 5.82 Å². The van der Waals surface area contributed by atoms with Crippen LogP contribution in [0.1, 0.15) is 24.0 Å². The van der Waals surface area contributed by atoms with Gasteiger partial charge in [-0.05, 0) is 24.5 Å². The number of rotatable bonds is 5. The molecule has 0 unspecified atom stereocenters. The Morgan fingerprint density at radius 2 is 1.73 bits per heavy atom. The van der Waals surface area contributed by atoms with Crippen molar-refractivity contribution < 1.29 is 9.13 Å². The highest BCUT2D eigenvalue weighted by atomic mass is 19.1. The first-order chi connectivity index (χ1) is 12.7. The van der Waals surface area contributed by atoms with Gasteiger partial charge in [0.25, 0.3) is 0 Å². The topological polar surface area (TPSA) is 45.7 Å². The van der Waals surface area contributed by atoms with Crippen LogP contribution in [0.15, 0.2) is 59.6 Å². The molecule has 26 heavy (non-hydrogen) atoms. The van der Waals surface area contributed by atoms with Crippen LogP contribution in [0.3, 0.4) is 0 Å². The zero-order valence-corrected chi connectivity index (χ0v) is 15.2. The Balaban J connectivity index is 1.65. The van der Waals surface area contributed by atoms with Gasteiger partial charge in [-0.2, -0.15) is 0 Å². The molecule has 0 bridgehead atoms. The second-order valence-electron chi connectivity index (χ2n) is 6.63. The summed E-state index contributed by atoms with van der Waals surface area (Å²) in [6.45, 7) is 2.68. The van der Waals surface area contributed by atoms with Crippen LogP contribution in [-0.2, 0) is 16.7 Å². The van der Waals surface area contributed by atoms with Gasteiger partial charge in [0.1, 0.15) is 5.82 Å². The molecule has 1 fully saturated rings. The smallest absolute Gasteiger partial charge is 0.191 e. The minimum atomic E-state index is -0.208. The van der Waals surface area contributed by atoms with Gasteiger partial charge >= 0.3 is 0 Å². The molecule has 4 nitrogen and oxygen atoms in total. The summed E-state index contributed by atoms with van der Waals surface area (Å²) >= 11 is 0. The van der Waals surface area contributed by atoms with E-state index in [2.05, 4.69) is 39.9 Å². The summed E-state index contributed by atoms with van der Waals surface area (Å²) < 4.78 is 19.4. The quantitative estimate of drug-likeness (QED) is 0.639. The fraction of sp³-hybridized carbons (Fsp3) is 0.381.